The summed E-state index contributed by atoms with van der Waals surface area (Å²) < 4.78 is 39.2. The number of hydrogen-bond donors (Lipinski definition) is 1. The Morgan fingerprint density at radius 3 is 2.26 bits per heavy atom. The maximum atomic E-state index is 13.1. The molecule has 0 saturated heterocycles. The van der Waals surface area contributed by atoms with Gasteiger partial charge < -0.3 is 5.11 Å². The molecule has 0 saturated carbocycles. The Hall–Kier alpha value is -0.246. The molecule has 0 aliphatic rings. The fourth-order valence-corrected chi connectivity index (χ4v) is 3.38. The summed E-state index contributed by atoms with van der Waals surface area (Å²) in [6.45, 7) is 3.50. The van der Waals surface area contributed by atoms with Gasteiger partial charge in [-0.15, -0.1) is 0 Å². The first-order valence-electron chi connectivity index (χ1n) is 6.40. The summed E-state index contributed by atoms with van der Waals surface area (Å²) in [5.41, 5.74) is 0.864. The second-order valence-corrected chi connectivity index (χ2v) is 8.58. The third kappa shape index (κ3) is 6.28. The molecule has 124 valence electrons. The minimum absolute atomic E-state index is 0.0327. The van der Waals surface area contributed by atoms with Crippen molar-refractivity contribution in [2.24, 2.45) is 0 Å². The van der Waals surface area contributed by atoms with Crippen molar-refractivity contribution in [1.82, 2.24) is 0 Å². The van der Waals surface area contributed by atoms with E-state index >= 15 is 0 Å². The van der Waals surface area contributed by atoms with E-state index in [9.17, 15) is 18.3 Å². The predicted octanol–water partition coefficient (Wildman–Crippen LogP) is 5.03. The van der Waals surface area contributed by atoms with Gasteiger partial charge in [0.25, 0.3) is 0 Å². The van der Waals surface area contributed by atoms with Gasteiger partial charge >= 0.3 is 41.8 Å². The first-order valence-corrected chi connectivity index (χ1v) is 11.7. The molecule has 0 aliphatic carbocycles. The average Bonchev–Trinajstić information content (AvgIpc) is 2.44. The monoisotopic (exact) mass is 416 g/mol. The van der Waals surface area contributed by atoms with E-state index in [2.05, 4.69) is 0 Å². The van der Waals surface area contributed by atoms with Crippen LogP contribution in [0.4, 0.5) is 13.2 Å². The number of hydrogen-bond acceptors (Lipinski definition) is 1. The Kier molecular flexibility index (Phi) is 8.40. The van der Waals surface area contributed by atoms with Gasteiger partial charge in [0, 0.05) is 5.30 Å². The third-order valence-electron chi connectivity index (χ3n) is 2.99. The molecule has 2 aromatic rings. The summed E-state index contributed by atoms with van der Waals surface area (Å²) in [6.07, 6.45) is -4.38. The van der Waals surface area contributed by atoms with E-state index in [1.165, 1.54) is 12.1 Å². The summed E-state index contributed by atoms with van der Waals surface area (Å²) >= 11 is -0.556. The molecule has 1 N–H and O–H groups in total. The van der Waals surface area contributed by atoms with Crippen molar-refractivity contribution in [3.8, 4) is 5.75 Å². The van der Waals surface area contributed by atoms with E-state index in [0.717, 1.165) is 11.6 Å². The Bertz CT molecular complexity index is 666. The van der Waals surface area contributed by atoms with Crippen molar-refractivity contribution in [3.63, 3.8) is 0 Å². The fraction of sp³-hybridized carbons (Fsp3) is 0.200. The number of rotatable bonds is 2. The second kappa shape index (κ2) is 9.29. The van der Waals surface area contributed by atoms with Crippen molar-refractivity contribution in [2.75, 3.05) is 0 Å². The topological polar surface area (TPSA) is 20.2 Å². The zero-order chi connectivity index (χ0) is 17.6. The van der Waals surface area contributed by atoms with Gasteiger partial charge in [0.05, 0.1) is 5.56 Å². The molecule has 0 aromatic heterocycles. The van der Waals surface area contributed by atoms with E-state index < -0.39 is 28.8 Å². The second-order valence-electron chi connectivity index (χ2n) is 4.71. The van der Waals surface area contributed by atoms with Crippen LogP contribution >= 0.6 is 27.2 Å². The molecule has 0 fully saturated rings. The Balaban J connectivity index is 0.000000816. The number of phenolic OH excluding ortho intramolecular Hbond substituents is 1. The first kappa shape index (κ1) is 20.8. The van der Waals surface area contributed by atoms with Crippen LogP contribution in [-0.2, 0) is 23.2 Å². The maximum absolute atomic E-state index is 13.1. The van der Waals surface area contributed by atoms with Gasteiger partial charge in [-0.05, 0) is 42.9 Å². The van der Waals surface area contributed by atoms with Crippen molar-refractivity contribution in [2.45, 2.75) is 20.0 Å². The Morgan fingerprint density at radius 1 is 1.09 bits per heavy atom. The SMILES string of the molecule is Cc1ccc(O)c(Pc2c(C)cccc2C(F)(F)F)c1.[Cl][Ti][Cl]. The van der Waals surface area contributed by atoms with Gasteiger partial charge in [-0.1, -0.05) is 32.3 Å². The van der Waals surface area contributed by atoms with Crippen LogP contribution in [0.3, 0.4) is 0 Å². The van der Waals surface area contributed by atoms with Gasteiger partial charge in [-0.2, -0.15) is 13.2 Å². The molecule has 0 spiro atoms. The summed E-state index contributed by atoms with van der Waals surface area (Å²) in [4.78, 5) is 0. The Morgan fingerprint density at radius 2 is 1.70 bits per heavy atom. The molecule has 1 unspecified atom stereocenters. The number of alkyl halides is 3. The quantitative estimate of drug-likeness (QED) is 0.537. The van der Waals surface area contributed by atoms with Crippen LogP contribution in [-0.4, -0.2) is 5.11 Å². The van der Waals surface area contributed by atoms with E-state index in [0.29, 0.717) is 10.9 Å². The molecule has 0 bridgehead atoms. The predicted molar refractivity (Wildman–Crippen MR) is 88.3 cm³/mol. The van der Waals surface area contributed by atoms with Crippen LogP contribution in [0.25, 0.3) is 0 Å². The minimum atomic E-state index is -4.38. The molecular weight excluding hydrogens is 403 g/mol. The molecule has 2 rings (SSSR count). The molecule has 1 nitrogen and oxygen atoms in total. The first-order chi connectivity index (χ1) is 10.7. The van der Waals surface area contributed by atoms with E-state index in [1.54, 1.807) is 25.1 Å². The van der Waals surface area contributed by atoms with Crippen LogP contribution in [0.1, 0.15) is 16.7 Å². The number of benzene rings is 2. The van der Waals surface area contributed by atoms with Crippen molar-refractivity contribution in [3.05, 3.63) is 53.1 Å². The normalized spacial score (nSPS) is 11.3. The van der Waals surface area contributed by atoms with Crippen LogP contribution in [0.15, 0.2) is 36.4 Å². The zero-order valence-corrected chi connectivity index (χ0v) is 16.4. The molecule has 1 atom stereocenters. The van der Waals surface area contributed by atoms with Crippen molar-refractivity contribution in [1.29, 1.82) is 0 Å². The number of aromatic hydroxyl groups is 1. The molecule has 0 aliphatic heterocycles. The fourth-order valence-electron chi connectivity index (χ4n) is 1.95. The van der Waals surface area contributed by atoms with Gasteiger partial charge in [0.15, 0.2) is 0 Å². The third-order valence-corrected chi connectivity index (χ3v) is 4.57. The van der Waals surface area contributed by atoms with Crippen LogP contribution in [0.5, 0.6) is 5.75 Å². The van der Waals surface area contributed by atoms with Crippen LogP contribution in [0.2, 0.25) is 0 Å². The average molecular weight is 417 g/mol. The van der Waals surface area contributed by atoms with Gasteiger partial charge in [-0.25, -0.2) is 0 Å². The zero-order valence-electron chi connectivity index (χ0n) is 12.3. The van der Waals surface area contributed by atoms with E-state index in [4.69, 9.17) is 18.6 Å². The van der Waals surface area contributed by atoms with Crippen molar-refractivity contribution < 1.29 is 35.3 Å². The standard InChI is InChI=1S/C15H14F3OP.2ClH.Ti/c1-9-6-7-12(19)13(8-9)20-14-10(2)4-3-5-11(14)15(16,17)18;;;/h3-8,19-20H,1-2H3;2*1H;/q;;;+2/p-2. The summed E-state index contributed by atoms with van der Waals surface area (Å²) in [7, 11) is 9.55. The molecular formula is C15H14Cl2F3OPTi. The van der Waals surface area contributed by atoms with Crippen LogP contribution in [0, 0.1) is 13.8 Å². The summed E-state index contributed by atoms with van der Waals surface area (Å²) in [5.74, 6) is 0.0327. The van der Waals surface area contributed by atoms with E-state index in [1.807, 2.05) is 6.92 Å². The van der Waals surface area contributed by atoms with E-state index in [-0.39, 0.29) is 19.6 Å². The van der Waals surface area contributed by atoms with Gasteiger partial charge in [0.1, 0.15) is 5.75 Å². The van der Waals surface area contributed by atoms with Gasteiger partial charge in [-0.3, -0.25) is 0 Å². The molecule has 0 amide bonds. The molecule has 23 heavy (non-hydrogen) atoms. The molecule has 2 aromatic carbocycles. The van der Waals surface area contributed by atoms with Gasteiger partial charge in [0.2, 0.25) is 0 Å². The molecule has 0 heterocycles. The number of halogens is 5. The molecule has 0 radical (unpaired) electrons. The Labute approximate surface area is 151 Å². The summed E-state index contributed by atoms with van der Waals surface area (Å²) in [5, 5.41) is 10.6. The van der Waals surface area contributed by atoms with Crippen LogP contribution < -0.4 is 10.6 Å². The molecule has 8 heteroatoms. The number of aryl methyl sites for hydroxylation is 2. The van der Waals surface area contributed by atoms with Crippen molar-refractivity contribution >= 4 is 37.8 Å². The number of phenols is 1. The summed E-state index contributed by atoms with van der Waals surface area (Å²) in [6, 6.07) is 9.12.